The monoisotopic (exact) mass is 419 g/mol. The van der Waals surface area contributed by atoms with E-state index in [2.05, 4.69) is 28.5 Å². The van der Waals surface area contributed by atoms with Crippen molar-refractivity contribution in [3.05, 3.63) is 60.6 Å². The molecule has 1 saturated heterocycles. The maximum absolute atomic E-state index is 10.8. The fourth-order valence-corrected chi connectivity index (χ4v) is 3.16. The minimum atomic E-state index is 0.0764. The molecule has 0 aliphatic carbocycles. The maximum Gasteiger partial charge on any atom is 0.245 e. The summed E-state index contributed by atoms with van der Waals surface area (Å²) in [5.41, 5.74) is 8.13. The van der Waals surface area contributed by atoms with Gasteiger partial charge in [0.1, 0.15) is 23.3 Å². The Kier molecular flexibility index (Phi) is 7.12. The van der Waals surface area contributed by atoms with Gasteiger partial charge in [-0.05, 0) is 37.1 Å². The van der Waals surface area contributed by atoms with E-state index in [1.807, 2.05) is 23.1 Å². The first-order valence-corrected chi connectivity index (χ1v) is 9.80. The van der Waals surface area contributed by atoms with E-state index < -0.39 is 0 Å². The Balaban J connectivity index is 0.000000254. The SMILES string of the molecule is C=CC(=O)N1CCCC1.COc1cc(C#Cc2ccn3ncnc(N)c23)cc(OC)c1. The minimum Gasteiger partial charge on any atom is -0.497 e. The molecule has 3 heterocycles. The van der Waals surface area contributed by atoms with E-state index >= 15 is 0 Å². The van der Waals surface area contributed by atoms with Crippen LogP contribution in [0.25, 0.3) is 5.52 Å². The largest absolute Gasteiger partial charge is 0.497 e. The molecule has 2 N–H and O–H groups in total. The van der Waals surface area contributed by atoms with Crippen LogP contribution in [0.5, 0.6) is 11.5 Å². The van der Waals surface area contributed by atoms with Crippen LogP contribution in [0.2, 0.25) is 0 Å². The predicted octanol–water partition coefficient (Wildman–Crippen LogP) is 2.52. The van der Waals surface area contributed by atoms with E-state index in [0.29, 0.717) is 22.8 Å². The number of fused-ring (bicyclic) bond motifs is 1. The molecule has 1 aromatic carbocycles. The van der Waals surface area contributed by atoms with Gasteiger partial charge in [0.05, 0.1) is 19.8 Å². The van der Waals surface area contributed by atoms with Crippen molar-refractivity contribution in [1.82, 2.24) is 19.5 Å². The summed E-state index contributed by atoms with van der Waals surface area (Å²) in [5.74, 6) is 8.02. The smallest absolute Gasteiger partial charge is 0.245 e. The van der Waals surface area contributed by atoms with Crippen LogP contribution in [0, 0.1) is 11.8 Å². The molecule has 8 nitrogen and oxygen atoms in total. The normalized spacial score (nSPS) is 12.4. The van der Waals surface area contributed by atoms with Crippen molar-refractivity contribution < 1.29 is 14.3 Å². The Bertz CT molecular complexity index is 1110. The van der Waals surface area contributed by atoms with Crippen molar-refractivity contribution in [2.24, 2.45) is 0 Å². The molecule has 0 bridgehead atoms. The van der Waals surface area contributed by atoms with Crippen LogP contribution in [0.4, 0.5) is 5.82 Å². The van der Waals surface area contributed by atoms with Gasteiger partial charge in [0.25, 0.3) is 0 Å². The molecule has 0 saturated carbocycles. The molecule has 0 spiro atoms. The molecular formula is C23H25N5O3. The van der Waals surface area contributed by atoms with E-state index in [-0.39, 0.29) is 5.91 Å². The second kappa shape index (κ2) is 10.2. The predicted molar refractivity (Wildman–Crippen MR) is 119 cm³/mol. The number of ether oxygens (including phenoxy) is 2. The zero-order valence-electron chi connectivity index (χ0n) is 17.7. The van der Waals surface area contributed by atoms with Gasteiger partial charge in [-0.25, -0.2) is 9.50 Å². The Labute approximate surface area is 181 Å². The molecule has 1 fully saturated rings. The van der Waals surface area contributed by atoms with Gasteiger partial charge in [0, 0.05) is 30.9 Å². The van der Waals surface area contributed by atoms with Gasteiger partial charge < -0.3 is 20.1 Å². The van der Waals surface area contributed by atoms with Crippen LogP contribution < -0.4 is 15.2 Å². The lowest BCUT2D eigenvalue weighted by Crippen LogP contribution is -2.25. The van der Waals surface area contributed by atoms with Gasteiger partial charge in [-0.2, -0.15) is 5.10 Å². The van der Waals surface area contributed by atoms with Crippen LogP contribution in [-0.4, -0.2) is 52.7 Å². The number of benzene rings is 1. The summed E-state index contributed by atoms with van der Waals surface area (Å²) >= 11 is 0. The lowest BCUT2D eigenvalue weighted by atomic mass is 10.2. The van der Waals surface area contributed by atoms with Crippen molar-refractivity contribution in [2.45, 2.75) is 12.8 Å². The summed E-state index contributed by atoms with van der Waals surface area (Å²) < 4.78 is 12.1. The molecule has 8 heteroatoms. The number of nitrogens with zero attached hydrogens (tertiary/aromatic N) is 4. The van der Waals surface area contributed by atoms with Crippen LogP contribution in [-0.2, 0) is 4.79 Å². The summed E-state index contributed by atoms with van der Waals surface area (Å²) in [6.45, 7) is 5.26. The number of likely N-dealkylation sites (tertiary alicyclic amines) is 1. The summed E-state index contributed by atoms with van der Waals surface area (Å²) in [6.07, 6.45) is 6.89. The number of amides is 1. The number of aromatic nitrogens is 3. The summed E-state index contributed by atoms with van der Waals surface area (Å²) in [6, 6.07) is 7.33. The fourth-order valence-electron chi connectivity index (χ4n) is 3.16. The molecule has 1 amide bonds. The summed E-state index contributed by atoms with van der Waals surface area (Å²) in [5, 5.41) is 4.09. The zero-order chi connectivity index (χ0) is 22.2. The van der Waals surface area contributed by atoms with E-state index in [1.165, 1.54) is 12.4 Å². The Morgan fingerprint density at radius 3 is 2.45 bits per heavy atom. The molecule has 0 unspecified atom stereocenters. The number of hydrogen-bond acceptors (Lipinski definition) is 6. The third-order valence-electron chi connectivity index (χ3n) is 4.77. The van der Waals surface area contributed by atoms with E-state index in [9.17, 15) is 4.79 Å². The number of hydrogen-bond donors (Lipinski definition) is 1. The molecule has 31 heavy (non-hydrogen) atoms. The average Bonchev–Trinajstić information content (AvgIpc) is 3.48. The maximum atomic E-state index is 10.8. The molecule has 1 aliphatic rings. The topological polar surface area (TPSA) is 95.0 Å². The number of anilines is 1. The number of rotatable bonds is 3. The van der Waals surface area contributed by atoms with Crippen molar-refractivity contribution in [2.75, 3.05) is 33.0 Å². The van der Waals surface area contributed by atoms with Gasteiger partial charge >= 0.3 is 0 Å². The third-order valence-corrected chi connectivity index (χ3v) is 4.77. The zero-order valence-corrected chi connectivity index (χ0v) is 17.7. The van der Waals surface area contributed by atoms with Crippen LogP contribution >= 0.6 is 0 Å². The average molecular weight is 419 g/mol. The van der Waals surface area contributed by atoms with Crippen LogP contribution in [0.1, 0.15) is 24.0 Å². The second-order valence-electron chi connectivity index (χ2n) is 6.76. The van der Waals surface area contributed by atoms with Crippen molar-refractivity contribution in [3.63, 3.8) is 0 Å². The highest BCUT2D eigenvalue weighted by molar-refractivity contribution is 5.87. The Morgan fingerprint density at radius 1 is 1.16 bits per heavy atom. The molecular weight excluding hydrogens is 394 g/mol. The van der Waals surface area contributed by atoms with E-state index in [1.54, 1.807) is 31.0 Å². The number of nitrogens with two attached hydrogens (primary N) is 1. The standard InChI is InChI=1S/C16H14N4O2.C7H11NO/c1-21-13-7-11(8-14(9-13)22-2)3-4-12-5-6-20-15(12)16(17)18-10-19-20;1-2-7(9)8-5-3-4-6-8/h5-10H,1-2H3,(H2,17,18,19);2H,1,3-6H2. The Morgan fingerprint density at radius 2 is 1.84 bits per heavy atom. The quantitative estimate of drug-likeness (QED) is 0.518. The number of carbonyl (C=O) groups excluding carboxylic acids is 1. The first-order valence-electron chi connectivity index (χ1n) is 9.80. The number of carbonyl (C=O) groups is 1. The first kappa shape index (κ1) is 21.7. The van der Waals surface area contributed by atoms with Crippen LogP contribution in [0.15, 0.2) is 49.4 Å². The van der Waals surface area contributed by atoms with Gasteiger partial charge in [0.2, 0.25) is 5.91 Å². The summed E-state index contributed by atoms with van der Waals surface area (Å²) in [4.78, 5) is 16.6. The van der Waals surface area contributed by atoms with Gasteiger partial charge in [-0.15, -0.1) is 0 Å². The Hall–Kier alpha value is -3.99. The van der Waals surface area contributed by atoms with E-state index in [0.717, 1.165) is 37.1 Å². The molecule has 2 aromatic heterocycles. The molecule has 1 aliphatic heterocycles. The molecule has 0 radical (unpaired) electrons. The van der Waals surface area contributed by atoms with Crippen molar-refractivity contribution in [3.8, 4) is 23.3 Å². The minimum absolute atomic E-state index is 0.0764. The molecule has 160 valence electrons. The van der Waals surface area contributed by atoms with Gasteiger partial charge in [-0.3, -0.25) is 4.79 Å². The second-order valence-corrected chi connectivity index (χ2v) is 6.76. The highest BCUT2D eigenvalue weighted by Crippen LogP contribution is 2.22. The summed E-state index contributed by atoms with van der Waals surface area (Å²) in [7, 11) is 3.21. The van der Waals surface area contributed by atoms with Crippen LogP contribution in [0.3, 0.4) is 0 Å². The first-order chi connectivity index (χ1) is 15.0. The lowest BCUT2D eigenvalue weighted by molar-refractivity contribution is -0.124. The number of nitrogen functional groups attached to an aromatic ring is 1. The molecule has 0 atom stereocenters. The van der Waals surface area contributed by atoms with Crippen molar-refractivity contribution in [1.29, 1.82) is 0 Å². The van der Waals surface area contributed by atoms with Crippen molar-refractivity contribution >= 4 is 17.2 Å². The molecule has 3 aromatic rings. The van der Waals surface area contributed by atoms with E-state index in [4.69, 9.17) is 15.2 Å². The van der Waals surface area contributed by atoms with Gasteiger partial charge in [0.15, 0.2) is 5.82 Å². The highest BCUT2D eigenvalue weighted by atomic mass is 16.5. The molecule has 4 rings (SSSR count). The van der Waals surface area contributed by atoms with Gasteiger partial charge in [-0.1, -0.05) is 18.4 Å². The third kappa shape index (κ3) is 5.34. The fraction of sp³-hybridized carbons (Fsp3) is 0.261. The highest BCUT2D eigenvalue weighted by Gasteiger charge is 2.14. The lowest BCUT2D eigenvalue weighted by Gasteiger charge is -2.10. The number of methoxy groups -OCH3 is 2.